The number of nitrogens with zero attached hydrogens (tertiary/aromatic N) is 4. The zero-order valence-electron chi connectivity index (χ0n) is 16.2. The summed E-state index contributed by atoms with van der Waals surface area (Å²) in [5, 5.41) is 6.94. The fourth-order valence-electron chi connectivity index (χ4n) is 3.07. The van der Waals surface area contributed by atoms with Gasteiger partial charge in [-0.1, -0.05) is 12.1 Å². The third-order valence-electron chi connectivity index (χ3n) is 4.58. The Labute approximate surface area is 165 Å². The first-order chi connectivity index (χ1) is 13.9. The molecule has 4 aromatic rings. The second-order valence-corrected chi connectivity index (χ2v) is 6.73. The summed E-state index contributed by atoms with van der Waals surface area (Å²) in [4.78, 5) is 21.4. The summed E-state index contributed by atoms with van der Waals surface area (Å²) >= 11 is 0. The van der Waals surface area contributed by atoms with Gasteiger partial charge in [0.25, 0.3) is 5.56 Å². The van der Waals surface area contributed by atoms with Gasteiger partial charge in [0.05, 0.1) is 17.8 Å². The van der Waals surface area contributed by atoms with Crippen LogP contribution in [0.15, 0.2) is 47.5 Å². The molecule has 3 heterocycles. The molecular weight excluding hydrogens is 375 g/mol. The van der Waals surface area contributed by atoms with Crippen molar-refractivity contribution in [2.75, 3.05) is 5.32 Å². The molecule has 0 saturated carbocycles. The van der Waals surface area contributed by atoms with Crippen molar-refractivity contribution < 1.29 is 13.8 Å². The van der Waals surface area contributed by atoms with Gasteiger partial charge in [-0.3, -0.25) is 9.36 Å². The number of ether oxygens (including phenoxy) is 1. The van der Waals surface area contributed by atoms with E-state index in [1.54, 1.807) is 25.4 Å². The second-order valence-electron chi connectivity index (χ2n) is 6.73. The number of para-hydroxylation sites is 1. The number of fused-ring (bicyclic) bond motifs is 1. The Morgan fingerprint density at radius 2 is 2.10 bits per heavy atom. The van der Waals surface area contributed by atoms with Gasteiger partial charge in [0.2, 0.25) is 5.95 Å². The second kappa shape index (κ2) is 7.34. The maximum Gasteiger partial charge on any atom is 0.294 e. The first-order valence-corrected chi connectivity index (χ1v) is 8.99. The van der Waals surface area contributed by atoms with Crippen LogP contribution in [0.4, 0.5) is 10.3 Å². The minimum Gasteiger partial charge on any atom is -0.448 e. The molecule has 4 rings (SSSR count). The van der Waals surface area contributed by atoms with Crippen molar-refractivity contribution in [1.82, 2.24) is 19.6 Å². The van der Waals surface area contributed by atoms with Gasteiger partial charge in [0.15, 0.2) is 30.6 Å². The highest BCUT2D eigenvalue weighted by molar-refractivity contribution is 5.76. The summed E-state index contributed by atoms with van der Waals surface area (Å²) in [6, 6.07) is 7.44. The van der Waals surface area contributed by atoms with E-state index in [2.05, 4.69) is 20.4 Å². The number of aromatic amines is 1. The normalized spacial score (nSPS) is 11.0. The van der Waals surface area contributed by atoms with Crippen LogP contribution >= 0.6 is 0 Å². The van der Waals surface area contributed by atoms with Gasteiger partial charge in [0.1, 0.15) is 5.65 Å². The molecule has 0 fully saturated rings. The summed E-state index contributed by atoms with van der Waals surface area (Å²) in [5.74, 6) is -0.152. The highest BCUT2D eigenvalue weighted by atomic mass is 19.1. The van der Waals surface area contributed by atoms with Gasteiger partial charge in [-0.15, -0.1) is 4.68 Å². The highest BCUT2D eigenvalue weighted by Crippen LogP contribution is 2.24. The number of benzene rings is 1. The smallest absolute Gasteiger partial charge is 0.294 e. The van der Waals surface area contributed by atoms with E-state index >= 15 is 0 Å². The maximum absolute atomic E-state index is 13.9. The summed E-state index contributed by atoms with van der Waals surface area (Å²) in [6.07, 6.45) is 3.58. The minimum absolute atomic E-state index is 0.00450. The number of rotatable bonds is 5. The molecule has 0 unspecified atom stereocenters. The molecule has 0 aliphatic heterocycles. The molecule has 3 aromatic heterocycles. The van der Waals surface area contributed by atoms with E-state index in [4.69, 9.17) is 4.74 Å². The van der Waals surface area contributed by atoms with Gasteiger partial charge >= 0.3 is 0 Å². The van der Waals surface area contributed by atoms with Crippen LogP contribution < -0.4 is 20.3 Å². The number of H-pyrrole nitrogens is 1. The molecule has 0 saturated heterocycles. The SMILES string of the molecule is Cc1[nH][n+](C)cc1CNc1ncc2cc(Oc3ccccc3F)c(=O)n(C)c2n1. The number of aromatic nitrogens is 5. The van der Waals surface area contributed by atoms with E-state index in [0.717, 1.165) is 11.3 Å². The molecule has 8 nitrogen and oxygen atoms in total. The van der Waals surface area contributed by atoms with Crippen LogP contribution in [0.1, 0.15) is 11.3 Å². The summed E-state index contributed by atoms with van der Waals surface area (Å²) in [5.41, 5.74) is 2.16. The molecule has 1 aromatic carbocycles. The van der Waals surface area contributed by atoms with Crippen molar-refractivity contribution >= 4 is 17.0 Å². The number of nitrogens with one attached hydrogen (secondary N) is 2. The largest absolute Gasteiger partial charge is 0.448 e. The Morgan fingerprint density at radius 3 is 2.83 bits per heavy atom. The molecule has 0 bridgehead atoms. The lowest BCUT2D eigenvalue weighted by Crippen LogP contribution is -2.28. The number of anilines is 1. The van der Waals surface area contributed by atoms with Crippen LogP contribution in [0.5, 0.6) is 11.5 Å². The highest BCUT2D eigenvalue weighted by Gasteiger charge is 2.14. The van der Waals surface area contributed by atoms with Gasteiger partial charge in [-0.2, -0.15) is 10.1 Å². The van der Waals surface area contributed by atoms with Gasteiger partial charge in [-0.25, -0.2) is 9.37 Å². The van der Waals surface area contributed by atoms with Crippen molar-refractivity contribution in [1.29, 1.82) is 0 Å². The van der Waals surface area contributed by atoms with E-state index in [0.29, 0.717) is 23.5 Å². The Morgan fingerprint density at radius 1 is 1.31 bits per heavy atom. The van der Waals surface area contributed by atoms with Crippen LogP contribution in [0.25, 0.3) is 11.0 Å². The van der Waals surface area contributed by atoms with Crippen LogP contribution in [-0.2, 0) is 20.6 Å². The maximum atomic E-state index is 13.9. The molecule has 0 spiro atoms. The average Bonchev–Trinajstić information content (AvgIpc) is 3.03. The van der Waals surface area contributed by atoms with E-state index < -0.39 is 11.4 Å². The zero-order chi connectivity index (χ0) is 20.5. The van der Waals surface area contributed by atoms with Gasteiger partial charge in [0, 0.05) is 18.6 Å². The van der Waals surface area contributed by atoms with Gasteiger partial charge < -0.3 is 10.1 Å². The molecule has 0 aliphatic carbocycles. The number of aryl methyl sites for hydroxylation is 3. The molecule has 29 heavy (non-hydrogen) atoms. The fraction of sp³-hybridized carbons (Fsp3) is 0.200. The van der Waals surface area contributed by atoms with Crippen LogP contribution in [0, 0.1) is 12.7 Å². The lowest BCUT2D eigenvalue weighted by Gasteiger charge is -2.11. The van der Waals surface area contributed by atoms with E-state index in [-0.39, 0.29) is 11.5 Å². The molecule has 0 amide bonds. The standard InChI is InChI=1S/C20H19FN6O2/c1-12-14(11-26(2)25-12)10-23-20-22-9-13-8-17(19(28)27(3)18(13)24-20)29-16-7-5-4-6-15(16)21/h4-9,11H,10H2,1-3H3,(H,22,23,24,28)/p+1. The number of pyridine rings is 1. The first kappa shape index (κ1) is 18.6. The van der Waals surface area contributed by atoms with E-state index in [1.807, 2.05) is 24.9 Å². The summed E-state index contributed by atoms with van der Waals surface area (Å²) in [6.45, 7) is 2.52. The molecule has 0 radical (unpaired) electrons. The Kier molecular flexibility index (Phi) is 4.71. The predicted molar refractivity (Wildman–Crippen MR) is 105 cm³/mol. The quantitative estimate of drug-likeness (QED) is 0.507. The molecule has 148 valence electrons. The lowest BCUT2D eigenvalue weighted by molar-refractivity contribution is -0.727. The van der Waals surface area contributed by atoms with Crippen LogP contribution in [-0.4, -0.2) is 19.6 Å². The zero-order valence-corrected chi connectivity index (χ0v) is 16.2. The van der Waals surface area contributed by atoms with E-state index in [1.165, 1.54) is 22.8 Å². The van der Waals surface area contributed by atoms with Crippen molar-refractivity contribution in [3.8, 4) is 11.5 Å². The molecule has 0 aliphatic rings. The topological polar surface area (TPSA) is 88.7 Å². The van der Waals surface area contributed by atoms with Crippen molar-refractivity contribution in [2.24, 2.45) is 14.1 Å². The number of hydrogen-bond acceptors (Lipinski definition) is 5. The minimum atomic E-state index is -0.543. The average molecular weight is 395 g/mol. The van der Waals surface area contributed by atoms with Crippen molar-refractivity contribution in [3.05, 3.63) is 70.2 Å². The summed E-state index contributed by atoms with van der Waals surface area (Å²) in [7, 11) is 3.51. The fourth-order valence-corrected chi connectivity index (χ4v) is 3.07. The van der Waals surface area contributed by atoms with Crippen molar-refractivity contribution in [3.63, 3.8) is 0 Å². The molecule has 9 heteroatoms. The number of halogens is 1. The van der Waals surface area contributed by atoms with Crippen molar-refractivity contribution in [2.45, 2.75) is 13.5 Å². The monoisotopic (exact) mass is 395 g/mol. The molecule has 2 N–H and O–H groups in total. The van der Waals surface area contributed by atoms with Gasteiger partial charge in [-0.05, 0) is 25.1 Å². The third-order valence-corrected chi connectivity index (χ3v) is 4.58. The Hall–Kier alpha value is -3.75. The first-order valence-electron chi connectivity index (χ1n) is 8.99. The lowest BCUT2D eigenvalue weighted by atomic mass is 10.2. The Bertz CT molecular complexity index is 1260. The van der Waals surface area contributed by atoms with E-state index in [9.17, 15) is 9.18 Å². The van der Waals surface area contributed by atoms with Crippen LogP contribution in [0.3, 0.4) is 0 Å². The number of hydrogen-bond donors (Lipinski definition) is 2. The Balaban J connectivity index is 1.64. The predicted octanol–water partition coefficient (Wildman–Crippen LogP) is 2.33. The molecule has 0 atom stereocenters. The van der Waals surface area contributed by atoms with Crippen LogP contribution in [0.2, 0.25) is 0 Å². The molecular formula is C20H20FN6O2+. The third kappa shape index (κ3) is 3.66. The summed E-state index contributed by atoms with van der Waals surface area (Å²) < 4.78 is 22.6.